The number of aromatic nitrogens is 2. The zero-order valence-electron chi connectivity index (χ0n) is 12.5. The molecule has 1 aromatic heterocycles. The van der Waals surface area contributed by atoms with Gasteiger partial charge in [0.05, 0.1) is 10.8 Å². The molecule has 1 aromatic carbocycles. The lowest BCUT2D eigenvalue weighted by molar-refractivity contribution is 0.228. The minimum atomic E-state index is -0.360. The Bertz CT molecular complexity index is 593. The molecule has 0 aliphatic heterocycles. The third-order valence-electron chi connectivity index (χ3n) is 3.99. The summed E-state index contributed by atoms with van der Waals surface area (Å²) in [5.41, 5.74) is 5.91. The monoisotopic (exact) mass is 303 g/mol. The van der Waals surface area contributed by atoms with E-state index in [1.165, 1.54) is 4.90 Å². The summed E-state index contributed by atoms with van der Waals surface area (Å²) in [6.07, 6.45) is 3.04. The average Bonchev–Trinajstić information content (AvgIpc) is 2.92. The van der Waals surface area contributed by atoms with Crippen LogP contribution in [0.4, 0.5) is 0 Å². The van der Waals surface area contributed by atoms with Crippen molar-refractivity contribution in [3.8, 4) is 0 Å². The molecule has 3 rings (SSSR count). The van der Waals surface area contributed by atoms with Crippen LogP contribution in [0.5, 0.6) is 0 Å². The van der Waals surface area contributed by atoms with Crippen LogP contribution in [0, 0.1) is 5.92 Å². The van der Waals surface area contributed by atoms with E-state index in [0.717, 1.165) is 19.3 Å². The highest BCUT2D eigenvalue weighted by Crippen LogP contribution is 2.42. The molecule has 0 saturated heterocycles. The summed E-state index contributed by atoms with van der Waals surface area (Å²) in [6.45, 7) is 4.35. The fraction of sp³-hybridized carbons (Fsp3) is 0.500. The van der Waals surface area contributed by atoms with Crippen molar-refractivity contribution in [3.05, 3.63) is 42.0 Å². The number of thioether (sulfide) groups is 1. The van der Waals surface area contributed by atoms with Crippen LogP contribution < -0.4 is 5.73 Å². The van der Waals surface area contributed by atoms with Gasteiger partial charge in [-0.15, -0.1) is 11.8 Å². The third kappa shape index (κ3) is 2.99. The predicted octanol–water partition coefficient (Wildman–Crippen LogP) is 3.90. The fourth-order valence-corrected chi connectivity index (χ4v) is 3.53. The molecule has 1 atom stereocenters. The highest BCUT2D eigenvalue weighted by molar-refractivity contribution is 7.99. The minimum absolute atomic E-state index is 0.150. The zero-order valence-corrected chi connectivity index (χ0v) is 13.3. The molecule has 2 aromatic rings. The quantitative estimate of drug-likeness (QED) is 0.849. The van der Waals surface area contributed by atoms with Crippen LogP contribution in [0.3, 0.4) is 0 Å². The minimum Gasteiger partial charge on any atom is -0.338 e. The molecule has 0 spiro atoms. The van der Waals surface area contributed by atoms with Gasteiger partial charge in [-0.3, -0.25) is 0 Å². The number of nitrogens with zero attached hydrogens (tertiary/aromatic N) is 2. The second kappa shape index (κ2) is 5.81. The predicted molar refractivity (Wildman–Crippen MR) is 83.9 cm³/mol. The molecule has 0 radical (unpaired) electrons. The number of hydrogen-bond donors (Lipinski definition) is 1. The topological polar surface area (TPSA) is 64.9 Å². The lowest BCUT2D eigenvalue weighted by Gasteiger charge is -2.34. The third-order valence-corrected chi connectivity index (χ3v) is 5.53. The first-order valence-electron chi connectivity index (χ1n) is 7.43. The molecule has 1 fully saturated rings. The van der Waals surface area contributed by atoms with Crippen molar-refractivity contribution >= 4 is 11.8 Å². The normalized spacial score (nSPS) is 18.5. The van der Waals surface area contributed by atoms with E-state index in [9.17, 15) is 0 Å². The molecule has 112 valence electrons. The van der Waals surface area contributed by atoms with Crippen LogP contribution in [-0.2, 0) is 5.54 Å². The maximum atomic E-state index is 6.27. The van der Waals surface area contributed by atoms with E-state index in [4.69, 9.17) is 10.3 Å². The molecule has 1 heterocycles. The summed E-state index contributed by atoms with van der Waals surface area (Å²) in [4.78, 5) is 5.81. The summed E-state index contributed by atoms with van der Waals surface area (Å²) < 4.78 is 5.52. The second-order valence-corrected chi connectivity index (χ2v) is 7.28. The molecular weight excluding hydrogens is 282 g/mol. The Labute approximate surface area is 129 Å². The van der Waals surface area contributed by atoms with E-state index in [1.54, 1.807) is 11.8 Å². The van der Waals surface area contributed by atoms with Crippen LogP contribution >= 0.6 is 11.8 Å². The van der Waals surface area contributed by atoms with Gasteiger partial charge in [-0.1, -0.05) is 37.2 Å². The summed E-state index contributed by atoms with van der Waals surface area (Å²) in [6, 6.07) is 10.3. The second-order valence-electron chi connectivity index (χ2n) is 6.06. The summed E-state index contributed by atoms with van der Waals surface area (Å²) >= 11 is 1.76. The standard InChI is InChI=1S/C16H21N3OS/c1-11(2)13(21-12-7-4-3-5-8-12)14-18-15(19-20-14)16(17)9-6-10-16/h3-5,7-8,11,13H,6,9-10,17H2,1-2H3. The Morgan fingerprint density at radius 2 is 1.95 bits per heavy atom. The summed E-state index contributed by atoms with van der Waals surface area (Å²) in [5.74, 6) is 1.76. The van der Waals surface area contributed by atoms with E-state index in [0.29, 0.717) is 17.6 Å². The smallest absolute Gasteiger partial charge is 0.240 e. The molecule has 1 aliphatic rings. The number of rotatable bonds is 5. The van der Waals surface area contributed by atoms with Gasteiger partial charge in [0.2, 0.25) is 5.89 Å². The van der Waals surface area contributed by atoms with Gasteiger partial charge < -0.3 is 10.3 Å². The summed E-state index contributed by atoms with van der Waals surface area (Å²) in [7, 11) is 0. The van der Waals surface area contributed by atoms with E-state index in [1.807, 2.05) is 18.2 Å². The molecule has 21 heavy (non-hydrogen) atoms. The Kier molecular flexibility index (Phi) is 4.04. The number of nitrogens with two attached hydrogens (primary N) is 1. The largest absolute Gasteiger partial charge is 0.338 e. The van der Waals surface area contributed by atoms with Crippen molar-refractivity contribution in [2.75, 3.05) is 0 Å². The van der Waals surface area contributed by atoms with Crippen LogP contribution in [0.2, 0.25) is 0 Å². The molecule has 1 saturated carbocycles. The number of hydrogen-bond acceptors (Lipinski definition) is 5. The van der Waals surface area contributed by atoms with E-state index in [2.05, 4.69) is 36.1 Å². The fourth-order valence-electron chi connectivity index (χ4n) is 2.45. The van der Waals surface area contributed by atoms with Crippen molar-refractivity contribution in [2.45, 2.75) is 48.8 Å². The van der Waals surface area contributed by atoms with Crippen molar-refractivity contribution in [2.24, 2.45) is 11.7 Å². The Balaban J connectivity index is 1.81. The molecular formula is C16H21N3OS. The lowest BCUT2D eigenvalue weighted by Crippen LogP contribution is -2.44. The first-order valence-corrected chi connectivity index (χ1v) is 8.31. The van der Waals surface area contributed by atoms with Crippen molar-refractivity contribution in [1.29, 1.82) is 0 Å². The SMILES string of the molecule is CC(C)C(Sc1ccccc1)c1nc(C2(N)CCC2)no1. The van der Waals surface area contributed by atoms with Gasteiger partial charge >= 0.3 is 0 Å². The maximum absolute atomic E-state index is 6.27. The van der Waals surface area contributed by atoms with Gasteiger partial charge in [-0.25, -0.2) is 0 Å². The van der Waals surface area contributed by atoms with E-state index in [-0.39, 0.29) is 10.8 Å². The van der Waals surface area contributed by atoms with Gasteiger partial charge in [-0.2, -0.15) is 4.98 Å². The van der Waals surface area contributed by atoms with Crippen LogP contribution in [0.1, 0.15) is 50.1 Å². The summed E-state index contributed by atoms with van der Waals surface area (Å²) in [5, 5.41) is 4.28. The first kappa shape index (κ1) is 14.6. The number of benzene rings is 1. The Hall–Kier alpha value is -1.33. The highest BCUT2D eigenvalue weighted by Gasteiger charge is 2.39. The molecule has 4 nitrogen and oxygen atoms in total. The molecule has 2 N–H and O–H groups in total. The highest BCUT2D eigenvalue weighted by atomic mass is 32.2. The van der Waals surface area contributed by atoms with E-state index >= 15 is 0 Å². The molecule has 1 unspecified atom stereocenters. The van der Waals surface area contributed by atoms with Crippen LogP contribution in [0.25, 0.3) is 0 Å². The van der Waals surface area contributed by atoms with Gasteiger partial charge in [0.1, 0.15) is 0 Å². The van der Waals surface area contributed by atoms with Crippen molar-refractivity contribution in [3.63, 3.8) is 0 Å². The van der Waals surface area contributed by atoms with E-state index < -0.39 is 0 Å². The van der Waals surface area contributed by atoms with Gasteiger partial charge in [0.25, 0.3) is 0 Å². The van der Waals surface area contributed by atoms with Gasteiger partial charge in [-0.05, 0) is 37.3 Å². The Morgan fingerprint density at radius 1 is 1.24 bits per heavy atom. The average molecular weight is 303 g/mol. The molecule has 0 amide bonds. The van der Waals surface area contributed by atoms with Gasteiger partial charge in [0, 0.05) is 4.90 Å². The molecule has 5 heteroatoms. The van der Waals surface area contributed by atoms with Crippen LogP contribution in [0.15, 0.2) is 39.8 Å². The molecule has 0 bridgehead atoms. The zero-order chi connectivity index (χ0) is 14.9. The van der Waals surface area contributed by atoms with Crippen molar-refractivity contribution < 1.29 is 4.52 Å². The molecule has 1 aliphatic carbocycles. The van der Waals surface area contributed by atoms with Gasteiger partial charge in [0.15, 0.2) is 5.82 Å². The maximum Gasteiger partial charge on any atom is 0.240 e. The van der Waals surface area contributed by atoms with Crippen molar-refractivity contribution in [1.82, 2.24) is 10.1 Å². The lowest BCUT2D eigenvalue weighted by atomic mass is 9.77. The van der Waals surface area contributed by atoms with Crippen LogP contribution in [-0.4, -0.2) is 10.1 Å². The first-order chi connectivity index (χ1) is 10.1. The Morgan fingerprint density at radius 3 is 2.52 bits per heavy atom.